The van der Waals surface area contributed by atoms with Crippen LogP contribution < -0.4 is 0 Å². The number of nitrogens with zero attached hydrogens (tertiary/aromatic N) is 3. The SMILES string of the molecule is c1ccc(-c2ccc(-c3nc(-c4ccccc4)nc(-c4cc(-c5ccccc5)cc5c4oc4ccccc45)n3)cc2)cc1. The number of hydrogen-bond acceptors (Lipinski definition) is 4. The van der Waals surface area contributed by atoms with E-state index in [0.717, 1.165) is 55.3 Å². The first-order valence-corrected chi connectivity index (χ1v) is 14.3. The van der Waals surface area contributed by atoms with Crippen LogP contribution in [0.4, 0.5) is 0 Å². The Balaban J connectivity index is 1.36. The first kappa shape index (κ1) is 24.9. The van der Waals surface area contributed by atoms with E-state index < -0.39 is 0 Å². The Kier molecular flexibility index (Phi) is 6.08. The van der Waals surface area contributed by atoms with Gasteiger partial charge < -0.3 is 4.42 Å². The second-order valence-electron chi connectivity index (χ2n) is 10.5. The molecule has 0 bridgehead atoms. The second kappa shape index (κ2) is 10.5. The number of aromatic nitrogens is 3. The van der Waals surface area contributed by atoms with Crippen LogP contribution in [0.15, 0.2) is 156 Å². The first-order valence-electron chi connectivity index (χ1n) is 14.3. The molecule has 0 spiro atoms. The van der Waals surface area contributed by atoms with Gasteiger partial charge in [-0.05, 0) is 40.5 Å². The molecular formula is C39H25N3O. The Morgan fingerprint density at radius 2 is 0.814 bits per heavy atom. The number of fused-ring (bicyclic) bond motifs is 3. The Morgan fingerprint density at radius 1 is 0.349 bits per heavy atom. The number of benzene rings is 6. The summed E-state index contributed by atoms with van der Waals surface area (Å²) in [7, 11) is 0. The number of para-hydroxylation sites is 1. The van der Waals surface area contributed by atoms with Crippen molar-refractivity contribution in [3.05, 3.63) is 152 Å². The highest BCUT2D eigenvalue weighted by Crippen LogP contribution is 2.39. The van der Waals surface area contributed by atoms with Gasteiger partial charge >= 0.3 is 0 Å². The topological polar surface area (TPSA) is 51.8 Å². The van der Waals surface area contributed by atoms with Crippen LogP contribution in [0, 0.1) is 0 Å². The van der Waals surface area contributed by atoms with Crippen LogP contribution in [0.5, 0.6) is 0 Å². The molecule has 0 fully saturated rings. The fourth-order valence-electron chi connectivity index (χ4n) is 5.57. The molecule has 0 saturated carbocycles. The lowest BCUT2D eigenvalue weighted by Gasteiger charge is -2.11. The fraction of sp³-hybridized carbons (Fsp3) is 0. The van der Waals surface area contributed by atoms with Crippen molar-refractivity contribution in [1.29, 1.82) is 0 Å². The third-order valence-electron chi connectivity index (χ3n) is 7.74. The summed E-state index contributed by atoms with van der Waals surface area (Å²) in [6.45, 7) is 0. The predicted molar refractivity (Wildman–Crippen MR) is 174 cm³/mol. The summed E-state index contributed by atoms with van der Waals surface area (Å²) in [6, 6.07) is 51.6. The van der Waals surface area contributed by atoms with Gasteiger partial charge in [0.25, 0.3) is 0 Å². The summed E-state index contributed by atoms with van der Waals surface area (Å²) in [6.07, 6.45) is 0. The van der Waals surface area contributed by atoms with E-state index in [-0.39, 0.29) is 0 Å². The minimum absolute atomic E-state index is 0.567. The van der Waals surface area contributed by atoms with Crippen molar-refractivity contribution in [2.75, 3.05) is 0 Å². The minimum Gasteiger partial charge on any atom is -0.455 e. The van der Waals surface area contributed by atoms with E-state index in [1.807, 2.05) is 60.7 Å². The Bertz CT molecular complexity index is 2210. The molecule has 0 saturated heterocycles. The third-order valence-corrected chi connectivity index (χ3v) is 7.74. The second-order valence-corrected chi connectivity index (χ2v) is 10.5. The van der Waals surface area contributed by atoms with Gasteiger partial charge in [-0.15, -0.1) is 0 Å². The summed E-state index contributed by atoms with van der Waals surface area (Å²) in [5.74, 6) is 1.79. The van der Waals surface area contributed by atoms with Crippen LogP contribution in [-0.2, 0) is 0 Å². The van der Waals surface area contributed by atoms with Crippen LogP contribution >= 0.6 is 0 Å². The van der Waals surface area contributed by atoms with E-state index in [4.69, 9.17) is 19.4 Å². The van der Waals surface area contributed by atoms with Crippen molar-refractivity contribution in [3.63, 3.8) is 0 Å². The molecule has 0 aliphatic rings. The normalized spacial score (nSPS) is 11.3. The zero-order valence-corrected chi connectivity index (χ0v) is 23.2. The summed E-state index contributed by atoms with van der Waals surface area (Å²) in [4.78, 5) is 15.1. The van der Waals surface area contributed by atoms with Crippen LogP contribution in [0.2, 0.25) is 0 Å². The molecule has 0 radical (unpaired) electrons. The maximum absolute atomic E-state index is 6.48. The maximum Gasteiger partial charge on any atom is 0.167 e. The number of furan rings is 1. The quantitative estimate of drug-likeness (QED) is 0.214. The molecule has 2 heterocycles. The van der Waals surface area contributed by atoms with Crippen LogP contribution in [0.25, 0.3) is 78.4 Å². The van der Waals surface area contributed by atoms with E-state index in [2.05, 4.69) is 91.0 Å². The van der Waals surface area contributed by atoms with Gasteiger partial charge in [-0.3, -0.25) is 0 Å². The van der Waals surface area contributed by atoms with Gasteiger partial charge in [0, 0.05) is 21.9 Å². The summed E-state index contributed by atoms with van der Waals surface area (Å²) in [5.41, 5.74) is 8.76. The van der Waals surface area contributed by atoms with E-state index in [1.165, 1.54) is 5.56 Å². The molecule has 43 heavy (non-hydrogen) atoms. The molecule has 4 nitrogen and oxygen atoms in total. The zero-order valence-electron chi connectivity index (χ0n) is 23.2. The van der Waals surface area contributed by atoms with Crippen molar-refractivity contribution in [3.8, 4) is 56.4 Å². The lowest BCUT2D eigenvalue weighted by atomic mass is 9.99. The minimum atomic E-state index is 0.567. The van der Waals surface area contributed by atoms with Gasteiger partial charge in [-0.2, -0.15) is 0 Å². The molecule has 0 aliphatic heterocycles. The van der Waals surface area contributed by atoms with Gasteiger partial charge in [0.05, 0.1) is 5.56 Å². The Hall–Kier alpha value is -5.87. The summed E-state index contributed by atoms with van der Waals surface area (Å²) >= 11 is 0. The molecule has 202 valence electrons. The Morgan fingerprint density at radius 3 is 1.47 bits per heavy atom. The molecule has 4 heteroatoms. The molecule has 0 aliphatic carbocycles. The van der Waals surface area contributed by atoms with Gasteiger partial charge in [-0.1, -0.05) is 133 Å². The predicted octanol–water partition coefficient (Wildman–Crippen LogP) is 10.1. The zero-order chi connectivity index (χ0) is 28.6. The molecule has 0 atom stereocenters. The van der Waals surface area contributed by atoms with Crippen molar-refractivity contribution in [1.82, 2.24) is 15.0 Å². The van der Waals surface area contributed by atoms with E-state index >= 15 is 0 Å². The molecule has 0 unspecified atom stereocenters. The highest BCUT2D eigenvalue weighted by Gasteiger charge is 2.19. The van der Waals surface area contributed by atoms with Crippen LogP contribution in [0.3, 0.4) is 0 Å². The molecule has 6 aromatic carbocycles. The van der Waals surface area contributed by atoms with Crippen molar-refractivity contribution >= 4 is 21.9 Å². The smallest absolute Gasteiger partial charge is 0.167 e. The molecule has 2 aromatic heterocycles. The number of rotatable bonds is 5. The Labute approximate surface area is 249 Å². The van der Waals surface area contributed by atoms with E-state index in [9.17, 15) is 0 Å². The summed E-state index contributed by atoms with van der Waals surface area (Å²) < 4.78 is 6.48. The van der Waals surface area contributed by atoms with Gasteiger partial charge in [0.15, 0.2) is 17.5 Å². The largest absolute Gasteiger partial charge is 0.455 e. The van der Waals surface area contributed by atoms with Gasteiger partial charge in [0.1, 0.15) is 11.2 Å². The van der Waals surface area contributed by atoms with E-state index in [1.54, 1.807) is 0 Å². The lowest BCUT2D eigenvalue weighted by molar-refractivity contribution is 0.669. The van der Waals surface area contributed by atoms with Crippen LogP contribution in [0.1, 0.15) is 0 Å². The highest BCUT2D eigenvalue weighted by molar-refractivity contribution is 6.11. The highest BCUT2D eigenvalue weighted by atomic mass is 16.3. The monoisotopic (exact) mass is 551 g/mol. The number of hydrogen-bond donors (Lipinski definition) is 0. The van der Waals surface area contributed by atoms with Crippen molar-refractivity contribution in [2.24, 2.45) is 0 Å². The lowest BCUT2D eigenvalue weighted by Crippen LogP contribution is -2.00. The molecular weight excluding hydrogens is 526 g/mol. The van der Waals surface area contributed by atoms with Crippen LogP contribution in [-0.4, -0.2) is 15.0 Å². The van der Waals surface area contributed by atoms with Crippen molar-refractivity contribution in [2.45, 2.75) is 0 Å². The fourth-order valence-corrected chi connectivity index (χ4v) is 5.57. The molecule has 8 aromatic rings. The first-order chi connectivity index (χ1) is 21.3. The average Bonchev–Trinajstić information content (AvgIpc) is 3.48. The molecule has 8 rings (SSSR count). The van der Waals surface area contributed by atoms with E-state index in [0.29, 0.717) is 17.5 Å². The van der Waals surface area contributed by atoms with Gasteiger partial charge in [-0.25, -0.2) is 15.0 Å². The molecule has 0 amide bonds. The van der Waals surface area contributed by atoms with Crippen molar-refractivity contribution < 1.29 is 4.42 Å². The average molecular weight is 552 g/mol. The molecule has 0 N–H and O–H groups in total. The third kappa shape index (κ3) is 4.65. The summed E-state index contributed by atoms with van der Waals surface area (Å²) in [5, 5.41) is 2.09. The standard InChI is InChI=1S/C39H25N3O/c1-4-12-26(13-5-1)28-20-22-30(23-21-28)38-40-37(29-16-8-3-9-17-29)41-39(42-38)34-25-31(27-14-6-2-7-15-27)24-33-32-18-10-11-19-35(32)43-36(33)34/h1-25H. The van der Waals surface area contributed by atoms with Gasteiger partial charge in [0.2, 0.25) is 0 Å². The maximum atomic E-state index is 6.48.